The molecule has 3 N–H and O–H groups in total. The molecule has 1 unspecified atom stereocenters. The van der Waals surface area contributed by atoms with Crippen molar-refractivity contribution in [2.75, 3.05) is 27.2 Å². The van der Waals surface area contributed by atoms with Gasteiger partial charge in [-0.05, 0) is 35.9 Å². The highest BCUT2D eigenvalue weighted by Gasteiger charge is 2.13. The van der Waals surface area contributed by atoms with Crippen LogP contribution in [0, 0.1) is 0 Å². The maximum atomic E-state index is 11.8. The van der Waals surface area contributed by atoms with Crippen molar-refractivity contribution < 1.29 is 19.2 Å². The Balaban J connectivity index is 1.96. The van der Waals surface area contributed by atoms with E-state index in [1.165, 1.54) is 0 Å². The van der Waals surface area contributed by atoms with Crippen LogP contribution >= 0.6 is 0 Å². The summed E-state index contributed by atoms with van der Waals surface area (Å²) in [7, 11) is 3.58. The Labute approximate surface area is 141 Å². The van der Waals surface area contributed by atoms with Crippen molar-refractivity contribution in [2.45, 2.75) is 13.5 Å². The molecule has 0 aliphatic rings. The smallest absolute Gasteiger partial charge is 0.321 e. The summed E-state index contributed by atoms with van der Waals surface area (Å²) in [6, 6.07) is 11.7. The predicted octanol–water partition coefficient (Wildman–Crippen LogP) is 0.709. The van der Waals surface area contributed by atoms with Gasteiger partial charge in [0.15, 0.2) is 6.54 Å². The fraction of sp³-hybridized carbons (Fsp3) is 0.333. The maximum absolute atomic E-state index is 11.8. The van der Waals surface area contributed by atoms with Crippen LogP contribution in [-0.4, -0.2) is 39.2 Å². The number of ether oxygens (including phenoxy) is 1. The number of rotatable bonds is 6. The first-order valence-corrected chi connectivity index (χ1v) is 7.97. The van der Waals surface area contributed by atoms with Crippen molar-refractivity contribution in [2.24, 2.45) is 0 Å². The number of quaternary nitrogens is 1. The average molecular weight is 330 g/mol. The fourth-order valence-corrected chi connectivity index (χ4v) is 2.57. The normalized spacial score (nSPS) is 11.8. The van der Waals surface area contributed by atoms with Gasteiger partial charge in [-0.15, -0.1) is 0 Å². The van der Waals surface area contributed by atoms with Gasteiger partial charge < -0.3 is 15.0 Å². The minimum absolute atomic E-state index is 0.234. The topological polar surface area (TPSA) is 71.9 Å². The van der Waals surface area contributed by atoms with Gasteiger partial charge in [0, 0.05) is 12.1 Å². The largest absolute Gasteiger partial charge is 0.497 e. The summed E-state index contributed by atoms with van der Waals surface area (Å²) in [6.07, 6.45) is 0. The van der Waals surface area contributed by atoms with E-state index in [-0.39, 0.29) is 12.5 Å². The standard InChI is InChI=1S/C18H23N3O3/c1-4-19-18(23)20-17(22)12-21(2)11-13-5-6-15-10-16(24-3)8-7-14(15)9-13/h5-10H,4,11-12H2,1-3H3,(H2,19,20,22,23)/p+1. The Morgan fingerprint density at radius 1 is 1.12 bits per heavy atom. The van der Waals surface area contributed by atoms with Gasteiger partial charge in [-0.2, -0.15) is 0 Å². The van der Waals surface area contributed by atoms with E-state index in [0.29, 0.717) is 13.1 Å². The van der Waals surface area contributed by atoms with Crippen LogP contribution in [0.25, 0.3) is 10.8 Å². The van der Waals surface area contributed by atoms with E-state index in [4.69, 9.17) is 4.74 Å². The van der Waals surface area contributed by atoms with Crippen LogP contribution in [0.2, 0.25) is 0 Å². The molecule has 0 aliphatic heterocycles. The van der Waals surface area contributed by atoms with Crippen LogP contribution in [-0.2, 0) is 11.3 Å². The van der Waals surface area contributed by atoms with Crippen molar-refractivity contribution in [3.8, 4) is 5.75 Å². The van der Waals surface area contributed by atoms with Crippen molar-refractivity contribution in [3.63, 3.8) is 0 Å². The summed E-state index contributed by atoms with van der Waals surface area (Å²) in [4.78, 5) is 24.1. The predicted molar refractivity (Wildman–Crippen MR) is 93.2 cm³/mol. The van der Waals surface area contributed by atoms with Gasteiger partial charge in [0.05, 0.1) is 14.2 Å². The number of hydrogen-bond acceptors (Lipinski definition) is 3. The minimum Gasteiger partial charge on any atom is -0.497 e. The van der Waals surface area contributed by atoms with Gasteiger partial charge in [0.25, 0.3) is 5.91 Å². The Bertz CT molecular complexity index is 731. The van der Waals surface area contributed by atoms with Gasteiger partial charge in [0.2, 0.25) is 0 Å². The molecule has 0 spiro atoms. The van der Waals surface area contributed by atoms with E-state index in [1.54, 1.807) is 14.0 Å². The first-order valence-electron chi connectivity index (χ1n) is 7.97. The van der Waals surface area contributed by atoms with Gasteiger partial charge in [-0.1, -0.05) is 18.2 Å². The van der Waals surface area contributed by atoms with E-state index < -0.39 is 6.03 Å². The third-order valence-corrected chi connectivity index (χ3v) is 3.67. The van der Waals surface area contributed by atoms with Crippen LogP contribution in [0.3, 0.4) is 0 Å². The first-order chi connectivity index (χ1) is 11.5. The Hall–Kier alpha value is -2.60. The lowest BCUT2D eigenvalue weighted by Gasteiger charge is -2.14. The molecule has 3 amide bonds. The second-order valence-electron chi connectivity index (χ2n) is 5.77. The molecule has 6 nitrogen and oxygen atoms in total. The molecule has 0 saturated carbocycles. The summed E-state index contributed by atoms with van der Waals surface area (Å²) >= 11 is 0. The molecule has 1 atom stereocenters. The van der Waals surface area contributed by atoms with Crippen molar-refractivity contribution in [1.82, 2.24) is 10.6 Å². The van der Waals surface area contributed by atoms with E-state index in [2.05, 4.69) is 22.8 Å². The number of carbonyl (C=O) groups excluding carboxylic acids is 2. The van der Waals surface area contributed by atoms with E-state index in [9.17, 15) is 9.59 Å². The quantitative estimate of drug-likeness (QED) is 0.730. The molecule has 0 bridgehead atoms. The van der Waals surface area contributed by atoms with Crippen LogP contribution in [0.15, 0.2) is 36.4 Å². The molecule has 6 heteroatoms. The van der Waals surface area contributed by atoms with Crippen molar-refractivity contribution in [3.05, 3.63) is 42.0 Å². The zero-order valence-electron chi connectivity index (χ0n) is 14.3. The zero-order valence-corrected chi connectivity index (χ0v) is 14.3. The van der Waals surface area contributed by atoms with Crippen LogP contribution in [0.1, 0.15) is 12.5 Å². The number of benzene rings is 2. The first kappa shape index (κ1) is 17.7. The number of methoxy groups -OCH3 is 1. The number of nitrogens with one attached hydrogen (secondary N) is 3. The molecule has 2 aromatic rings. The molecule has 0 saturated heterocycles. The van der Waals surface area contributed by atoms with E-state index in [0.717, 1.165) is 27.0 Å². The molecule has 0 radical (unpaired) electrons. The number of fused-ring (bicyclic) bond motifs is 1. The zero-order chi connectivity index (χ0) is 17.5. The highest BCUT2D eigenvalue weighted by Crippen LogP contribution is 2.21. The summed E-state index contributed by atoms with van der Waals surface area (Å²) < 4.78 is 5.23. The van der Waals surface area contributed by atoms with Crippen molar-refractivity contribution in [1.29, 1.82) is 0 Å². The molecular formula is C18H24N3O3+. The van der Waals surface area contributed by atoms with Gasteiger partial charge >= 0.3 is 6.03 Å². The second kappa shape index (κ2) is 8.31. The van der Waals surface area contributed by atoms with Crippen LogP contribution < -0.4 is 20.3 Å². The molecular weight excluding hydrogens is 306 g/mol. The molecule has 0 heterocycles. The number of hydrogen-bond donors (Lipinski definition) is 3. The minimum atomic E-state index is -0.449. The summed E-state index contributed by atoms with van der Waals surface area (Å²) in [5.41, 5.74) is 1.14. The van der Waals surface area contributed by atoms with Crippen molar-refractivity contribution >= 4 is 22.7 Å². The number of carbonyl (C=O) groups is 2. The van der Waals surface area contributed by atoms with E-state index >= 15 is 0 Å². The van der Waals surface area contributed by atoms with E-state index in [1.807, 2.05) is 31.3 Å². The lowest BCUT2D eigenvalue weighted by Crippen LogP contribution is -3.09. The Morgan fingerprint density at radius 2 is 1.83 bits per heavy atom. The Kier molecular flexibility index (Phi) is 6.14. The monoisotopic (exact) mass is 330 g/mol. The molecule has 24 heavy (non-hydrogen) atoms. The molecule has 0 aliphatic carbocycles. The van der Waals surface area contributed by atoms with Gasteiger partial charge in [-0.25, -0.2) is 4.79 Å². The molecule has 2 rings (SSSR count). The highest BCUT2D eigenvalue weighted by atomic mass is 16.5. The van der Waals surface area contributed by atoms with Gasteiger partial charge in [-0.3, -0.25) is 10.1 Å². The lowest BCUT2D eigenvalue weighted by molar-refractivity contribution is -0.885. The summed E-state index contributed by atoms with van der Waals surface area (Å²) in [6.45, 7) is 3.23. The summed E-state index contributed by atoms with van der Waals surface area (Å²) in [5, 5.41) is 7.10. The van der Waals surface area contributed by atoms with Crippen LogP contribution in [0.4, 0.5) is 4.79 Å². The third kappa shape index (κ3) is 4.96. The Morgan fingerprint density at radius 3 is 2.54 bits per heavy atom. The molecule has 2 aromatic carbocycles. The molecule has 128 valence electrons. The SMILES string of the molecule is CCNC(=O)NC(=O)C[NH+](C)Cc1ccc2cc(OC)ccc2c1. The third-order valence-electron chi connectivity index (χ3n) is 3.67. The molecule has 0 aromatic heterocycles. The number of likely N-dealkylation sites (N-methyl/N-ethyl adjacent to an activating group) is 1. The second-order valence-corrected chi connectivity index (χ2v) is 5.77. The number of imide groups is 1. The maximum Gasteiger partial charge on any atom is 0.321 e. The number of amides is 3. The summed E-state index contributed by atoms with van der Waals surface area (Å²) in [5.74, 6) is 0.545. The number of urea groups is 1. The highest BCUT2D eigenvalue weighted by molar-refractivity contribution is 5.94. The van der Waals surface area contributed by atoms with Crippen LogP contribution in [0.5, 0.6) is 5.75 Å². The van der Waals surface area contributed by atoms with Gasteiger partial charge in [0.1, 0.15) is 12.3 Å². The molecule has 0 fully saturated rings. The fourth-order valence-electron chi connectivity index (χ4n) is 2.57. The lowest BCUT2D eigenvalue weighted by atomic mass is 10.1. The average Bonchev–Trinajstić information content (AvgIpc) is 2.54.